The number of benzene rings is 2. The molecule has 4 rings (SSSR count). The highest BCUT2D eigenvalue weighted by atomic mass is 16.1. The average Bonchev–Trinajstić information content (AvgIpc) is 2.74. The van der Waals surface area contributed by atoms with Crippen molar-refractivity contribution < 1.29 is 4.79 Å². The lowest BCUT2D eigenvalue weighted by Crippen LogP contribution is -2.23. The van der Waals surface area contributed by atoms with Crippen LogP contribution < -0.4 is 10.6 Å². The standard InChI is InChI=1S/C23H20N4O/c1-16-7-9-17(10-8-16)14-26-23(28)21-12-11-19(15-25-21)27-20-6-2-4-18-5-3-13-24-22(18)20/h2-13,15,27H,14H2,1H3,(H,26,28). The zero-order chi connectivity index (χ0) is 19.3. The molecule has 2 aromatic carbocycles. The number of pyridine rings is 2. The maximum absolute atomic E-state index is 12.3. The van der Waals surface area contributed by atoms with Gasteiger partial charge in [-0.15, -0.1) is 0 Å². The van der Waals surface area contributed by atoms with Crippen molar-refractivity contribution in [3.63, 3.8) is 0 Å². The van der Waals surface area contributed by atoms with Crippen LogP contribution in [-0.4, -0.2) is 15.9 Å². The number of aryl methyl sites for hydroxylation is 1. The van der Waals surface area contributed by atoms with Gasteiger partial charge in [0.05, 0.1) is 23.1 Å². The molecule has 5 nitrogen and oxygen atoms in total. The Bertz CT molecular complexity index is 1100. The fourth-order valence-electron chi connectivity index (χ4n) is 2.94. The molecule has 0 unspecified atom stereocenters. The number of para-hydroxylation sites is 1. The van der Waals surface area contributed by atoms with E-state index in [9.17, 15) is 4.79 Å². The first kappa shape index (κ1) is 17.7. The molecular formula is C23H20N4O. The van der Waals surface area contributed by atoms with Crippen LogP contribution in [0, 0.1) is 6.92 Å². The van der Waals surface area contributed by atoms with E-state index in [2.05, 4.69) is 20.6 Å². The number of nitrogens with one attached hydrogen (secondary N) is 2. The molecule has 4 aromatic rings. The van der Waals surface area contributed by atoms with Crippen LogP contribution in [0.1, 0.15) is 21.6 Å². The molecule has 0 aliphatic heterocycles. The van der Waals surface area contributed by atoms with E-state index in [0.29, 0.717) is 12.2 Å². The zero-order valence-electron chi connectivity index (χ0n) is 15.5. The lowest BCUT2D eigenvalue weighted by atomic mass is 10.1. The number of carbonyl (C=O) groups is 1. The van der Waals surface area contributed by atoms with Gasteiger partial charge in [-0.1, -0.05) is 48.0 Å². The van der Waals surface area contributed by atoms with Gasteiger partial charge in [0, 0.05) is 18.1 Å². The Labute approximate surface area is 163 Å². The topological polar surface area (TPSA) is 66.9 Å². The number of rotatable bonds is 5. The number of hydrogen-bond acceptors (Lipinski definition) is 4. The predicted octanol–water partition coefficient (Wildman–Crippen LogP) is 4.61. The molecule has 0 bridgehead atoms. The second kappa shape index (κ2) is 7.88. The summed E-state index contributed by atoms with van der Waals surface area (Å²) in [6.45, 7) is 2.51. The third-order valence-electron chi connectivity index (χ3n) is 4.48. The molecule has 0 aliphatic rings. The molecule has 5 heteroatoms. The van der Waals surface area contributed by atoms with E-state index in [1.54, 1.807) is 18.5 Å². The summed E-state index contributed by atoms with van der Waals surface area (Å²) in [5.41, 5.74) is 5.23. The fraction of sp³-hybridized carbons (Fsp3) is 0.0870. The van der Waals surface area contributed by atoms with E-state index in [0.717, 1.165) is 27.8 Å². The summed E-state index contributed by atoms with van der Waals surface area (Å²) in [5.74, 6) is -0.195. The SMILES string of the molecule is Cc1ccc(CNC(=O)c2ccc(Nc3cccc4cccnc34)cn2)cc1. The summed E-state index contributed by atoms with van der Waals surface area (Å²) in [6, 6.07) is 21.5. The lowest BCUT2D eigenvalue weighted by molar-refractivity contribution is 0.0946. The quantitative estimate of drug-likeness (QED) is 0.540. The minimum absolute atomic E-state index is 0.195. The van der Waals surface area contributed by atoms with Gasteiger partial charge in [0.15, 0.2) is 0 Å². The Morgan fingerprint density at radius 2 is 1.75 bits per heavy atom. The third kappa shape index (κ3) is 3.99. The van der Waals surface area contributed by atoms with Crippen LogP contribution >= 0.6 is 0 Å². The van der Waals surface area contributed by atoms with E-state index < -0.39 is 0 Å². The lowest BCUT2D eigenvalue weighted by Gasteiger charge is -2.10. The van der Waals surface area contributed by atoms with Crippen LogP contribution in [0.4, 0.5) is 11.4 Å². The monoisotopic (exact) mass is 368 g/mol. The summed E-state index contributed by atoms with van der Waals surface area (Å²) in [7, 11) is 0. The summed E-state index contributed by atoms with van der Waals surface area (Å²) in [4.78, 5) is 21.0. The van der Waals surface area contributed by atoms with Crippen LogP contribution in [-0.2, 0) is 6.54 Å². The van der Waals surface area contributed by atoms with Crippen LogP contribution in [0.15, 0.2) is 79.1 Å². The second-order valence-electron chi connectivity index (χ2n) is 6.61. The van der Waals surface area contributed by atoms with Crippen LogP contribution in [0.25, 0.3) is 10.9 Å². The number of hydrogen-bond donors (Lipinski definition) is 2. The van der Waals surface area contributed by atoms with Crippen molar-refractivity contribution in [2.75, 3.05) is 5.32 Å². The van der Waals surface area contributed by atoms with Crippen LogP contribution in [0.3, 0.4) is 0 Å². The molecule has 1 amide bonds. The van der Waals surface area contributed by atoms with E-state index in [1.165, 1.54) is 5.56 Å². The first-order chi connectivity index (χ1) is 13.7. The molecule has 0 fully saturated rings. The zero-order valence-corrected chi connectivity index (χ0v) is 15.5. The molecule has 2 N–H and O–H groups in total. The molecule has 0 radical (unpaired) electrons. The summed E-state index contributed by atoms with van der Waals surface area (Å²) in [6.07, 6.45) is 3.43. The molecular weight excluding hydrogens is 348 g/mol. The molecule has 138 valence electrons. The molecule has 28 heavy (non-hydrogen) atoms. The first-order valence-corrected chi connectivity index (χ1v) is 9.09. The Balaban J connectivity index is 1.43. The summed E-state index contributed by atoms with van der Waals surface area (Å²) < 4.78 is 0. The van der Waals surface area contributed by atoms with Crippen molar-refractivity contribution in [2.24, 2.45) is 0 Å². The van der Waals surface area contributed by atoms with Gasteiger partial charge in [-0.05, 0) is 36.8 Å². The smallest absolute Gasteiger partial charge is 0.270 e. The number of aromatic nitrogens is 2. The molecule has 0 spiro atoms. The Morgan fingerprint density at radius 1 is 0.929 bits per heavy atom. The van der Waals surface area contributed by atoms with Crippen molar-refractivity contribution in [2.45, 2.75) is 13.5 Å². The van der Waals surface area contributed by atoms with Gasteiger partial charge < -0.3 is 10.6 Å². The number of carbonyl (C=O) groups excluding carboxylic acids is 1. The normalized spacial score (nSPS) is 10.6. The molecule has 0 saturated carbocycles. The minimum atomic E-state index is -0.195. The highest BCUT2D eigenvalue weighted by Crippen LogP contribution is 2.24. The van der Waals surface area contributed by atoms with Gasteiger partial charge in [-0.2, -0.15) is 0 Å². The fourth-order valence-corrected chi connectivity index (χ4v) is 2.94. The van der Waals surface area contributed by atoms with Crippen molar-refractivity contribution in [3.8, 4) is 0 Å². The van der Waals surface area contributed by atoms with Gasteiger partial charge in [-0.25, -0.2) is 4.98 Å². The highest BCUT2D eigenvalue weighted by Gasteiger charge is 2.08. The molecule has 0 atom stereocenters. The minimum Gasteiger partial charge on any atom is -0.352 e. The summed E-state index contributed by atoms with van der Waals surface area (Å²) >= 11 is 0. The van der Waals surface area contributed by atoms with E-state index >= 15 is 0 Å². The average molecular weight is 368 g/mol. The highest BCUT2D eigenvalue weighted by molar-refractivity contribution is 5.93. The number of anilines is 2. The number of fused-ring (bicyclic) bond motifs is 1. The van der Waals surface area contributed by atoms with Gasteiger partial charge in [-0.3, -0.25) is 9.78 Å². The van der Waals surface area contributed by atoms with Gasteiger partial charge in [0.25, 0.3) is 5.91 Å². The Morgan fingerprint density at radius 3 is 2.54 bits per heavy atom. The molecule has 0 aliphatic carbocycles. The van der Waals surface area contributed by atoms with Crippen molar-refractivity contribution in [3.05, 3.63) is 95.9 Å². The summed E-state index contributed by atoms with van der Waals surface area (Å²) in [5, 5.41) is 7.28. The van der Waals surface area contributed by atoms with Crippen molar-refractivity contribution in [1.29, 1.82) is 0 Å². The van der Waals surface area contributed by atoms with Crippen molar-refractivity contribution in [1.82, 2.24) is 15.3 Å². The third-order valence-corrected chi connectivity index (χ3v) is 4.48. The van der Waals surface area contributed by atoms with Crippen LogP contribution in [0.2, 0.25) is 0 Å². The first-order valence-electron chi connectivity index (χ1n) is 9.09. The second-order valence-corrected chi connectivity index (χ2v) is 6.61. The van der Waals surface area contributed by atoms with Crippen molar-refractivity contribution >= 4 is 28.2 Å². The van der Waals surface area contributed by atoms with E-state index in [4.69, 9.17) is 0 Å². The van der Waals surface area contributed by atoms with E-state index in [-0.39, 0.29) is 5.91 Å². The Kier molecular flexibility index (Phi) is 4.97. The van der Waals surface area contributed by atoms with Crippen LogP contribution in [0.5, 0.6) is 0 Å². The number of amides is 1. The predicted molar refractivity (Wildman–Crippen MR) is 112 cm³/mol. The van der Waals surface area contributed by atoms with Gasteiger partial charge in [0.1, 0.15) is 5.69 Å². The number of nitrogens with zero attached hydrogens (tertiary/aromatic N) is 2. The Hall–Kier alpha value is -3.73. The maximum Gasteiger partial charge on any atom is 0.270 e. The largest absolute Gasteiger partial charge is 0.352 e. The molecule has 2 aromatic heterocycles. The maximum atomic E-state index is 12.3. The van der Waals surface area contributed by atoms with E-state index in [1.807, 2.05) is 67.6 Å². The molecule has 2 heterocycles. The van der Waals surface area contributed by atoms with Gasteiger partial charge >= 0.3 is 0 Å². The molecule has 0 saturated heterocycles. The van der Waals surface area contributed by atoms with Gasteiger partial charge in [0.2, 0.25) is 0 Å².